The number of rotatable bonds is 12. The Labute approximate surface area is 249 Å². The van der Waals surface area contributed by atoms with Gasteiger partial charge in [-0.15, -0.1) is 0 Å². The van der Waals surface area contributed by atoms with Gasteiger partial charge in [0.05, 0.1) is 5.54 Å². The molecule has 2 amide bonds. The number of nitrogens with zero attached hydrogens (tertiary/aromatic N) is 2. The van der Waals surface area contributed by atoms with Crippen molar-refractivity contribution in [3.8, 4) is 0 Å². The Morgan fingerprint density at radius 3 is 2.33 bits per heavy atom. The van der Waals surface area contributed by atoms with Crippen LogP contribution in [0.3, 0.4) is 0 Å². The van der Waals surface area contributed by atoms with Crippen molar-refractivity contribution in [2.45, 2.75) is 64.6 Å². The van der Waals surface area contributed by atoms with E-state index < -0.39 is 39.4 Å². The number of nitrogens with one attached hydrogen (secondary N) is 2. The van der Waals surface area contributed by atoms with E-state index in [1.807, 2.05) is 30.3 Å². The number of benzene rings is 2. The molecular weight excluding hydrogens is 557 g/mol. The van der Waals surface area contributed by atoms with Crippen LogP contribution in [0.4, 0.5) is 10.1 Å². The molecule has 2 aromatic rings. The molecule has 2 aliphatic rings. The van der Waals surface area contributed by atoms with Crippen molar-refractivity contribution < 1.29 is 22.4 Å². The molecule has 1 saturated heterocycles. The van der Waals surface area contributed by atoms with Crippen LogP contribution in [-0.2, 0) is 26.0 Å². The van der Waals surface area contributed by atoms with Gasteiger partial charge in [-0.25, -0.2) is 12.8 Å². The average molecular weight is 602 g/mol. The Morgan fingerprint density at radius 1 is 1.10 bits per heavy atom. The SMILES string of the molecule is CC1CC1CN1CCN(C(C)(C)C(=O)N[C@@H](Cc2ccccc2)[C@@H](N)C[C@@H](C)C(=O)Nc2ccc(F)cc2)CS1(=O)=O. The first-order valence-electron chi connectivity index (χ1n) is 14.7. The molecule has 42 heavy (non-hydrogen) atoms. The summed E-state index contributed by atoms with van der Waals surface area (Å²) in [7, 11) is -3.53. The van der Waals surface area contributed by atoms with E-state index in [0.717, 1.165) is 12.0 Å². The average Bonchev–Trinajstić information content (AvgIpc) is 3.64. The van der Waals surface area contributed by atoms with E-state index in [-0.39, 0.29) is 24.1 Å². The number of amides is 2. The van der Waals surface area contributed by atoms with Crippen molar-refractivity contribution in [2.75, 3.05) is 30.8 Å². The zero-order valence-electron chi connectivity index (χ0n) is 24.9. The molecule has 4 rings (SSSR count). The Balaban J connectivity index is 1.42. The van der Waals surface area contributed by atoms with Gasteiger partial charge in [-0.2, -0.15) is 4.31 Å². The summed E-state index contributed by atoms with van der Waals surface area (Å²) in [6.07, 6.45) is 1.79. The molecule has 5 atom stereocenters. The lowest BCUT2D eigenvalue weighted by Crippen LogP contribution is -2.64. The number of carbonyl (C=O) groups excluding carboxylic acids is 2. The molecule has 230 valence electrons. The lowest BCUT2D eigenvalue weighted by Gasteiger charge is -2.43. The third kappa shape index (κ3) is 8.15. The number of anilines is 1. The van der Waals surface area contributed by atoms with Gasteiger partial charge in [0, 0.05) is 43.3 Å². The summed E-state index contributed by atoms with van der Waals surface area (Å²) < 4.78 is 41.0. The minimum atomic E-state index is -3.53. The van der Waals surface area contributed by atoms with Crippen molar-refractivity contribution in [2.24, 2.45) is 23.5 Å². The van der Waals surface area contributed by atoms with E-state index in [1.54, 1.807) is 30.0 Å². The number of nitrogens with two attached hydrogens (primary N) is 1. The highest BCUT2D eigenvalue weighted by atomic mass is 32.2. The number of sulfonamides is 1. The van der Waals surface area contributed by atoms with Gasteiger partial charge >= 0.3 is 0 Å². The number of halogens is 1. The van der Waals surface area contributed by atoms with Crippen LogP contribution in [0, 0.1) is 23.6 Å². The van der Waals surface area contributed by atoms with Gasteiger partial charge in [0.1, 0.15) is 11.7 Å². The summed E-state index contributed by atoms with van der Waals surface area (Å²) in [6.45, 7) is 8.73. The zero-order valence-corrected chi connectivity index (χ0v) is 25.7. The molecule has 1 aliphatic heterocycles. The highest BCUT2D eigenvalue weighted by Crippen LogP contribution is 2.39. The molecule has 2 unspecified atom stereocenters. The fraction of sp³-hybridized carbons (Fsp3) is 0.548. The van der Waals surface area contributed by atoms with Crippen LogP contribution in [-0.4, -0.2) is 72.6 Å². The molecule has 11 heteroatoms. The highest BCUT2D eigenvalue weighted by Gasteiger charge is 2.44. The van der Waals surface area contributed by atoms with Crippen LogP contribution >= 0.6 is 0 Å². The molecular formula is C31H44FN5O4S. The van der Waals surface area contributed by atoms with Crippen LogP contribution in [0.1, 0.15) is 46.1 Å². The molecule has 4 N–H and O–H groups in total. The van der Waals surface area contributed by atoms with Crippen molar-refractivity contribution in [1.82, 2.24) is 14.5 Å². The summed E-state index contributed by atoms with van der Waals surface area (Å²) >= 11 is 0. The lowest BCUT2D eigenvalue weighted by atomic mass is 9.91. The minimum absolute atomic E-state index is 0.218. The van der Waals surface area contributed by atoms with Gasteiger partial charge in [0.2, 0.25) is 21.8 Å². The normalized spacial score (nSPS) is 23.0. The number of hydrogen-bond acceptors (Lipinski definition) is 6. The molecule has 0 aromatic heterocycles. The van der Waals surface area contributed by atoms with Crippen LogP contribution in [0.5, 0.6) is 0 Å². The quantitative estimate of drug-likeness (QED) is 0.343. The fourth-order valence-corrected chi connectivity index (χ4v) is 7.21. The molecule has 0 spiro atoms. The summed E-state index contributed by atoms with van der Waals surface area (Å²) in [5, 5.41) is 5.89. The van der Waals surface area contributed by atoms with Crippen LogP contribution in [0.2, 0.25) is 0 Å². The first kappa shape index (κ1) is 32.1. The third-order valence-electron chi connectivity index (χ3n) is 8.71. The van der Waals surface area contributed by atoms with E-state index in [9.17, 15) is 22.4 Å². The molecule has 2 aromatic carbocycles. The molecule has 0 radical (unpaired) electrons. The van der Waals surface area contributed by atoms with Gasteiger partial charge in [0.25, 0.3) is 0 Å². The highest BCUT2D eigenvalue weighted by molar-refractivity contribution is 7.89. The van der Waals surface area contributed by atoms with Crippen LogP contribution < -0.4 is 16.4 Å². The largest absolute Gasteiger partial charge is 0.350 e. The standard InChI is InChI=1S/C31H44FN5O4S/c1-21-16-24(21)19-37-15-14-36(20-42(37,40)41)31(3,4)30(39)35-28(18-23-8-6-5-7-9-23)27(33)17-22(2)29(38)34-26-12-10-25(32)11-13-26/h5-13,21-22,24,27-28H,14-20,33H2,1-4H3,(H,34,38)(H,35,39)/t21?,22-,24?,27+,28+/m1/s1. The lowest BCUT2D eigenvalue weighted by molar-refractivity contribution is -0.132. The predicted molar refractivity (Wildman–Crippen MR) is 162 cm³/mol. The van der Waals surface area contributed by atoms with Gasteiger partial charge in [-0.05, 0) is 74.8 Å². The van der Waals surface area contributed by atoms with Gasteiger partial charge in [0.15, 0.2) is 0 Å². The maximum Gasteiger partial charge on any atom is 0.240 e. The van der Waals surface area contributed by atoms with Gasteiger partial charge in [-0.1, -0.05) is 44.2 Å². The third-order valence-corrected chi connectivity index (χ3v) is 10.5. The zero-order chi connectivity index (χ0) is 30.7. The molecule has 2 fully saturated rings. The fourth-order valence-electron chi connectivity index (χ4n) is 5.42. The molecule has 0 bridgehead atoms. The first-order valence-corrected chi connectivity index (χ1v) is 16.3. The van der Waals surface area contributed by atoms with Crippen molar-refractivity contribution in [1.29, 1.82) is 0 Å². The van der Waals surface area contributed by atoms with Crippen LogP contribution in [0.25, 0.3) is 0 Å². The molecule has 1 saturated carbocycles. The van der Waals surface area contributed by atoms with E-state index in [2.05, 4.69) is 17.6 Å². The van der Waals surface area contributed by atoms with Gasteiger partial charge in [-0.3, -0.25) is 14.5 Å². The Hall–Kier alpha value is -2.86. The molecule has 1 heterocycles. The topological polar surface area (TPSA) is 125 Å². The number of hydrogen-bond donors (Lipinski definition) is 3. The number of carbonyl (C=O) groups is 2. The van der Waals surface area contributed by atoms with E-state index in [1.165, 1.54) is 24.3 Å². The smallest absolute Gasteiger partial charge is 0.240 e. The molecule has 9 nitrogen and oxygen atoms in total. The Morgan fingerprint density at radius 2 is 1.74 bits per heavy atom. The predicted octanol–water partition coefficient (Wildman–Crippen LogP) is 3.18. The second-order valence-corrected chi connectivity index (χ2v) is 14.4. The minimum Gasteiger partial charge on any atom is -0.350 e. The Kier molecular flexibility index (Phi) is 10.1. The van der Waals surface area contributed by atoms with E-state index >= 15 is 0 Å². The maximum absolute atomic E-state index is 13.8. The monoisotopic (exact) mass is 601 g/mol. The van der Waals surface area contributed by atoms with Crippen molar-refractivity contribution in [3.05, 3.63) is 66.0 Å². The summed E-state index contributed by atoms with van der Waals surface area (Å²) in [5.74, 6) is -0.693. The summed E-state index contributed by atoms with van der Waals surface area (Å²) in [4.78, 5) is 28.3. The molecule has 1 aliphatic carbocycles. The second kappa shape index (κ2) is 13.2. The van der Waals surface area contributed by atoms with Crippen molar-refractivity contribution >= 4 is 27.5 Å². The van der Waals surface area contributed by atoms with E-state index in [0.29, 0.717) is 43.6 Å². The maximum atomic E-state index is 13.8. The summed E-state index contributed by atoms with van der Waals surface area (Å²) in [6, 6.07) is 14.1. The van der Waals surface area contributed by atoms with Crippen molar-refractivity contribution in [3.63, 3.8) is 0 Å². The Bertz CT molecular complexity index is 1340. The van der Waals surface area contributed by atoms with Gasteiger partial charge < -0.3 is 16.4 Å². The second-order valence-electron chi connectivity index (χ2n) is 12.5. The van der Waals surface area contributed by atoms with E-state index in [4.69, 9.17) is 5.73 Å². The van der Waals surface area contributed by atoms with Crippen LogP contribution in [0.15, 0.2) is 54.6 Å². The summed E-state index contributed by atoms with van der Waals surface area (Å²) in [5.41, 5.74) is 7.01. The first-order chi connectivity index (χ1) is 19.8.